The molecule has 0 saturated carbocycles. The number of unbranched alkanes of at least 4 members (excludes halogenated alkanes) is 6. The van der Waals surface area contributed by atoms with Crippen molar-refractivity contribution in [2.24, 2.45) is 0 Å². The Morgan fingerprint density at radius 2 is 1.50 bits per heavy atom. The van der Waals surface area contributed by atoms with Gasteiger partial charge in [-0.25, -0.2) is 0 Å². The largest absolute Gasteiger partial charge is 0.455 e. The van der Waals surface area contributed by atoms with E-state index in [-0.39, 0.29) is 5.97 Å². The molecule has 0 aliphatic heterocycles. The Bertz CT molecular complexity index is 819. The molecule has 1 atom stereocenters. The molecule has 0 fully saturated rings. The third-order valence-electron chi connectivity index (χ3n) is 6.25. The molecule has 188 valence electrons. The normalized spacial score (nSPS) is 12.4. The fourth-order valence-electron chi connectivity index (χ4n) is 4.19. The Kier molecular flexibility index (Phi) is 12.8. The summed E-state index contributed by atoms with van der Waals surface area (Å²) in [6.45, 7) is 5.85. The second kappa shape index (κ2) is 15.5. The van der Waals surface area contributed by atoms with Crippen LogP contribution in [0.15, 0.2) is 54.6 Å². The fraction of sp³-hybridized carbons (Fsp3) is 0.567. The zero-order valence-corrected chi connectivity index (χ0v) is 21.9. The van der Waals surface area contributed by atoms with Crippen molar-refractivity contribution in [3.63, 3.8) is 0 Å². The van der Waals surface area contributed by atoms with E-state index in [0.717, 1.165) is 36.2 Å². The summed E-state index contributed by atoms with van der Waals surface area (Å²) in [5, 5.41) is 0. The molecular formula is C30H46NO3+. The van der Waals surface area contributed by atoms with Crippen molar-refractivity contribution >= 4 is 5.97 Å². The van der Waals surface area contributed by atoms with Gasteiger partial charge >= 0.3 is 5.97 Å². The molecule has 2 aromatic rings. The average molecular weight is 469 g/mol. The number of esters is 1. The van der Waals surface area contributed by atoms with E-state index in [9.17, 15) is 4.79 Å². The minimum absolute atomic E-state index is 0.198. The third kappa shape index (κ3) is 11.2. The summed E-state index contributed by atoms with van der Waals surface area (Å²) in [5.41, 5.74) is 2.47. The molecule has 4 nitrogen and oxygen atoms in total. The van der Waals surface area contributed by atoms with Crippen LogP contribution in [0.25, 0.3) is 0 Å². The summed E-state index contributed by atoms with van der Waals surface area (Å²) in [7, 11) is 4.29. The van der Waals surface area contributed by atoms with E-state index in [1.807, 2.05) is 25.1 Å². The number of hydrogen-bond donors (Lipinski definition) is 0. The number of carbonyl (C=O) groups is 1. The van der Waals surface area contributed by atoms with Gasteiger partial charge in [0.05, 0.1) is 27.1 Å². The number of nitrogens with zero attached hydrogens (tertiary/aromatic N) is 1. The topological polar surface area (TPSA) is 35.5 Å². The van der Waals surface area contributed by atoms with Gasteiger partial charge in [-0.2, -0.15) is 0 Å². The van der Waals surface area contributed by atoms with Crippen LogP contribution in [0.5, 0.6) is 5.75 Å². The summed E-state index contributed by atoms with van der Waals surface area (Å²) in [6.07, 6.45) is 10.5. The van der Waals surface area contributed by atoms with Crippen LogP contribution in [0.3, 0.4) is 0 Å². The molecule has 0 aliphatic carbocycles. The van der Waals surface area contributed by atoms with Gasteiger partial charge in [-0.1, -0.05) is 101 Å². The number of rotatable bonds is 17. The van der Waals surface area contributed by atoms with Gasteiger partial charge in [0.25, 0.3) is 0 Å². The van der Waals surface area contributed by atoms with Crippen LogP contribution < -0.4 is 4.74 Å². The maximum atomic E-state index is 12.6. The van der Waals surface area contributed by atoms with Crippen molar-refractivity contribution in [1.82, 2.24) is 0 Å². The Balaban J connectivity index is 1.79. The van der Waals surface area contributed by atoms with E-state index in [0.29, 0.717) is 12.8 Å². The second-order valence-electron chi connectivity index (χ2n) is 9.98. The zero-order valence-electron chi connectivity index (χ0n) is 21.9. The average Bonchev–Trinajstić information content (AvgIpc) is 2.83. The van der Waals surface area contributed by atoms with E-state index < -0.39 is 6.29 Å². The van der Waals surface area contributed by atoms with Gasteiger partial charge in [0.2, 0.25) is 6.29 Å². The molecule has 0 saturated heterocycles. The fourth-order valence-corrected chi connectivity index (χ4v) is 4.19. The number of aryl methyl sites for hydroxylation is 1. The standard InChI is InChI=1S/C30H46NO3/c1-5-7-8-9-10-11-15-20-27-21-16-17-22-28(27)33-30(6-2)34-29(32)23-24-31(3,4)25-26-18-13-12-14-19-26/h12-14,16-19,21-22,30H,5-11,15,20,23-25H2,1-4H3/q+1. The number of para-hydroxylation sites is 1. The predicted octanol–water partition coefficient (Wildman–Crippen LogP) is 7.30. The number of ether oxygens (including phenoxy) is 2. The van der Waals surface area contributed by atoms with Crippen LogP contribution in [0.2, 0.25) is 0 Å². The predicted molar refractivity (Wildman–Crippen MR) is 141 cm³/mol. The molecule has 0 aromatic heterocycles. The molecule has 0 amide bonds. The Hall–Kier alpha value is -2.33. The highest BCUT2D eigenvalue weighted by Gasteiger charge is 2.21. The number of carbonyl (C=O) groups excluding carboxylic acids is 1. The summed E-state index contributed by atoms with van der Waals surface area (Å²) < 4.78 is 12.6. The van der Waals surface area contributed by atoms with Gasteiger partial charge in [-0.15, -0.1) is 0 Å². The van der Waals surface area contributed by atoms with Crippen molar-refractivity contribution in [3.05, 3.63) is 65.7 Å². The van der Waals surface area contributed by atoms with Crippen LogP contribution in [0.4, 0.5) is 0 Å². The Morgan fingerprint density at radius 1 is 0.853 bits per heavy atom. The monoisotopic (exact) mass is 468 g/mol. The van der Waals surface area contributed by atoms with E-state index in [4.69, 9.17) is 9.47 Å². The molecule has 2 aromatic carbocycles. The molecule has 4 heteroatoms. The van der Waals surface area contributed by atoms with Gasteiger partial charge in [0.15, 0.2) is 0 Å². The van der Waals surface area contributed by atoms with E-state index in [2.05, 4.69) is 57.4 Å². The summed E-state index contributed by atoms with van der Waals surface area (Å²) in [5.74, 6) is 0.643. The lowest BCUT2D eigenvalue weighted by molar-refractivity contribution is -0.903. The van der Waals surface area contributed by atoms with Crippen LogP contribution >= 0.6 is 0 Å². The van der Waals surface area contributed by atoms with Crippen LogP contribution in [0, 0.1) is 0 Å². The lowest BCUT2D eigenvalue weighted by atomic mass is 10.0. The molecular weight excluding hydrogens is 422 g/mol. The molecule has 0 bridgehead atoms. The van der Waals surface area contributed by atoms with Crippen molar-refractivity contribution < 1.29 is 18.8 Å². The highest BCUT2D eigenvalue weighted by Crippen LogP contribution is 2.23. The van der Waals surface area contributed by atoms with Gasteiger partial charge in [-0.3, -0.25) is 4.79 Å². The maximum Gasteiger partial charge on any atom is 0.314 e. The third-order valence-corrected chi connectivity index (χ3v) is 6.25. The van der Waals surface area contributed by atoms with Gasteiger partial charge in [-0.05, 0) is 24.5 Å². The van der Waals surface area contributed by atoms with E-state index >= 15 is 0 Å². The molecule has 0 spiro atoms. The van der Waals surface area contributed by atoms with E-state index in [1.165, 1.54) is 49.7 Å². The lowest BCUT2D eigenvalue weighted by Crippen LogP contribution is -2.41. The SMILES string of the molecule is CCCCCCCCCc1ccccc1OC(CC)OC(=O)CC[N+](C)(C)Cc1ccccc1. The molecule has 0 aliphatic rings. The minimum atomic E-state index is -0.549. The molecule has 34 heavy (non-hydrogen) atoms. The number of benzene rings is 2. The summed E-state index contributed by atoms with van der Waals surface area (Å²) in [4.78, 5) is 12.6. The van der Waals surface area contributed by atoms with Crippen molar-refractivity contribution in [2.45, 2.75) is 90.9 Å². The molecule has 0 heterocycles. The van der Waals surface area contributed by atoms with Gasteiger partial charge in [0.1, 0.15) is 12.3 Å². The highest BCUT2D eigenvalue weighted by molar-refractivity contribution is 5.69. The zero-order chi connectivity index (χ0) is 24.7. The van der Waals surface area contributed by atoms with Crippen LogP contribution in [0.1, 0.15) is 82.8 Å². The van der Waals surface area contributed by atoms with Crippen molar-refractivity contribution in [3.8, 4) is 5.75 Å². The Labute approximate surface area is 207 Å². The number of hydrogen-bond acceptors (Lipinski definition) is 3. The lowest BCUT2D eigenvalue weighted by Gasteiger charge is -2.30. The first-order chi connectivity index (χ1) is 16.4. The van der Waals surface area contributed by atoms with Gasteiger partial charge in [0, 0.05) is 12.0 Å². The van der Waals surface area contributed by atoms with Crippen LogP contribution in [-0.2, 0) is 22.5 Å². The first-order valence-electron chi connectivity index (χ1n) is 13.2. The second-order valence-corrected chi connectivity index (χ2v) is 9.98. The maximum absolute atomic E-state index is 12.6. The van der Waals surface area contributed by atoms with E-state index in [1.54, 1.807) is 0 Å². The number of quaternary nitrogens is 1. The summed E-state index contributed by atoms with van der Waals surface area (Å²) in [6, 6.07) is 18.6. The molecule has 2 rings (SSSR count). The minimum Gasteiger partial charge on any atom is -0.455 e. The summed E-state index contributed by atoms with van der Waals surface area (Å²) >= 11 is 0. The molecule has 1 unspecified atom stereocenters. The Morgan fingerprint density at radius 3 is 2.21 bits per heavy atom. The quantitative estimate of drug-likeness (QED) is 0.106. The highest BCUT2D eigenvalue weighted by atomic mass is 16.7. The van der Waals surface area contributed by atoms with Crippen molar-refractivity contribution in [2.75, 3.05) is 20.6 Å². The smallest absolute Gasteiger partial charge is 0.314 e. The van der Waals surface area contributed by atoms with Crippen molar-refractivity contribution in [1.29, 1.82) is 0 Å². The van der Waals surface area contributed by atoms with Gasteiger partial charge < -0.3 is 14.0 Å². The molecule has 0 N–H and O–H groups in total. The van der Waals surface area contributed by atoms with Crippen LogP contribution in [-0.4, -0.2) is 37.4 Å². The first-order valence-corrected chi connectivity index (χ1v) is 13.2. The first kappa shape index (κ1) is 27.9. The molecule has 0 radical (unpaired) electrons.